The van der Waals surface area contributed by atoms with Gasteiger partial charge >= 0.3 is 0 Å². The summed E-state index contributed by atoms with van der Waals surface area (Å²) in [7, 11) is 0. The maximum Gasteiger partial charge on any atom is 0.0641 e. The standard InChI is InChI=1S/C13H17Cl3N2O.ClH/c14-9-7-10(13(16)11(15)8-9)12(1-6-19)18-4-2-17-3-5-18;/h7-8,12,17,19H,1-6H2;1H/t12-;/m1./s1. The Bertz CT molecular complexity index is 439. The summed E-state index contributed by atoms with van der Waals surface area (Å²) in [6, 6.07) is 3.54. The molecule has 1 aliphatic rings. The van der Waals surface area contributed by atoms with E-state index < -0.39 is 0 Å². The first kappa shape index (κ1) is 18.3. The predicted molar refractivity (Wildman–Crippen MR) is 87.6 cm³/mol. The van der Waals surface area contributed by atoms with Gasteiger partial charge in [0.2, 0.25) is 0 Å². The molecule has 1 aromatic rings. The van der Waals surface area contributed by atoms with Crippen molar-refractivity contribution in [1.29, 1.82) is 0 Å². The number of piperazine rings is 1. The van der Waals surface area contributed by atoms with Gasteiger partial charge in [-0.2, -0.15) is 0 Å². The molecule has 0 amide bonds. The molecule has 20 heavy (non-hydrogen) atoms. The number of aliphatic hydroxyl groups is 1. The highest BCUT2D eigenvalue weighted by atomic mass is 35.5. The van der Waals surface area contributed by atoms with Crippen LogP contribution in [0.2, 0.25) is 15.1 Å². The van der Waals surface area contributed by atoms with Gasteiger partial charge in [0.05, 0.1) is 10.0 Å². The molecule has 0 unspecified atom stereocenters. The summed E-state index contributed by atoms with van der Waals surface area (Å²) in [5, 5.41) is 14.2. The smallest absolute Gasteiger partial charge is 0.0641 e. The Morgan fingerprint density at radius 1 is 1.20 bits per heavy atom. The highest BCUT2D eigenvalue weighted by Gasteiger charge is 2.24. The van der Waals surface area contributed by atoms with Gasteiger partial charge in [-0.1, -0.05) is 34.8 Å². The van der Waals surface area contributed by atoms with E-state index in [9.17, 15) is 5.11 Å². The molecule has 0 aliphatic carbocycles. The van der Waals surface area contributed by atoms with Crippen LogP contribution in [0.3, 0.4) is 0 Å². The van der Waals surface area contributed by atoms with Crippen LogP contribution in [0.1, 0.15) is 18.0 Å². The summed E-state index contributed by atoms with van der Waals surface area (Å²) in [5.41, 5.74) is 0.898. The first-order valence-electron chi connectivity index (χ1n) is 6.33. The van der Waals surface area contributed by atoms with E-state index in [2.05, 4.69) is 10.2 Å². The topological polar surface area (TPSA) is 35.5 Å². The first-order valence-corrected chi connectivity index (χ1v) is 7.47. The van der Waals surface area contributed by atoms with Gasteiger partial charge in [0.1, 0.15) is 0 Å². The van der Waals surface area contributed by atoms with Crippen molar-refractivity contribution >= 4 is 47.2 Å². The first-order chi connectivity index (χ1) is 9.13. The van der Waals surface area contributed by atoms with Gasteiger partial charge in [-0.05, 0) is 24.1 Å². The van der Waals surface area contributed by atoms with Crippen molar-refractivity contribution in [3.05, 3.63) is 32.8 Å². The molecule has 0 spiro atoms. The maximum atomic E-state index is 9.31. The zero-order valence-corrected chi connectivity index (χ0v) is 14.0. The van der Waals surface area contributed by atoms with Crippen LogP contribution in [-0.4, -0.2) is 42.8 Å². The summed E-state index contributed by atoms with van der Waals surface area (Å²) in [6.45, 7) is 3.83. The van der Waals surface area contributed by atoms with Crippen LogP contribution in [0.15, 0.2) is 12.1 Å². The van der Waals surface area contributed by atoms with Crippen molar-refractivity contribution in [3.63, 3.8) is 0 Å². The molecule has 1 atom stereocenters. The summed E-state index contributed by atoms with van der Waals surface area (Å²) in [6.07, 6.45) is 0.621. The molecule has 3 nitrogen and oxygen atoms in total. The second-order valence-electron chi connectivity index (χ2n) is 4.60. The van der Waals surface area contributed by atoms with Crippen LogP contribution in [-0.2, 0) is 0 Å². The Morgan fingerprint density at radius 3 is 2.45 bits per heavy atom. The third-order valence-corrected chi connectivity index (χ3v) is 4.41. The van der Waals surface area contributed by atoms with Gasteiger partial charge in [-0.15, -0.1) is 12.4 Å². The van der Waals surface area contributed by atoms with E-state index in [1.54, 1.807) is 6.07 Å². The van der Waals surface area contributed by atoms with Crippen molar-refractivity contribution in [2.24, 2.45) is 0 Å². The summed E-state index contributed by atoms with van der Waals surface area (Å²) in [5.74, 6) is 0. The number of nitrogens with one attached hydrogen (secondary N) is 1. The van der Waals surface area contributed by atoms with E-state index in [-0.39, 0.29) is 25.1 Å². The van der Waals surface area contributed by atoms with Crippen LogP contribution in [0, 0.1) is 0 Å². The minimum absolute atomic E-state index is 0. The van der Waals surface area contributed by atoms with Gasteiger partial charge in [-0.25, -0.2) is 0 Å². The minimum atomic E-state index is 0. The van der Waals surface area contributed by atoms with Gasteiger partial charge in [0, 0.05) is 43.9 Å². The molecule has 1 aliphatic heterocycles. The molecule has 1 heterocycles. The Labute approximate surface area is 140 Å². The second kappa shape index (κ2) is 8.64. The fourth-order valence-electron chi connectivity index (χ4n) is 2.47. The monoisotopic (exact) mass is 358 g/mol. The third-order valence-electron chi connectivity index (χ3n) is 3.38. The predicted octanol–water partition coefficient (Wildman–Crippen LogP) is 3.40. The van der Waals surface area contributed by atoms with Gasteiger partial charge in [0.25, 0.3) is 0 Å². The molecule has 7 heteroatoms. The van der Waals surface area contributed by atoms with Crippen LogP contribution < -0.4 is 5.32 Å². The highest BCUT2D eigenvalue weighted by Crippen LogP contribution is 2.37. The van der Waals surface area contributed by atoms with Crippen LogP contribution in [0.25, 0.3) is 0 Å². The van der Waals surface area contributed by atoms with Crippen molar-refractivity contribution in [2.75, 3.05) is 32.8 Å². The number of benzene rings is 1. The van der Waals surface area contributed by atoms with Crippen LogP contribution in [0.5, 0.6) is 0 Å². The summed E-state index contributed by atoms with van der Waals surface area (Å²) < 4.78 is 0. The highest BCUT2D eigenvalue weighted by molar-refractivity contribution is 6.43. The van der Waals surface area contributed by atoms with Crippen molar-refractivity contribution in [1.82, 2.24) is 10.2 Å². The maximum absolute atomic E-state index is 9.31. The van der Waals surface area contributed by atoms with Crippen LogP contribution in [0.4, 0.5) is 0 Å². The van der Waals surface area contributed by atoms with Crippen LogP contribution >= 0.6 is 47.2 Å². The number of hydrogen-bond acceptors (Lipinski definition) is 3. The Hall–Kier alpha value is 0.260. The number of halogens is 4. The minimum Gasteiger partial charge on any atom is -0.396 e. The molecule has 0 aromatic heterocycles. The zero-order chi connectivity index (χ0) is 13.8. The summed E-state index contributed by atoms with van der Waals surface area (Å²) in [4.78, 5) is 2.31. The fourth-order valence-corrected chi connectivity index (χ4v) is 3.21. The lowest BCUT2D eigenvalue weighted by molar-refractivity contribution is 0.141. The number of nitrogens with zero attached hydrogens (tertiary/aromatic N) is 1. The van der Waals surface area contributed by atoms with Gasteiger partial charge in [-0.3, -0.25) is 4.90 Å². The van der Waals surface area contributed by atoms with Crippen molar-refractivity contribution < 1.29 is 5.11 Å². The molecule has 0 saturated carbocycles. The zero-order valence-electron chi connectivity index (χ0n) is 10.9. The number of rotatable bonds is 4. The van der Waals surface area contributed by atoms with E-state index >= 15 is 0 Å². The SMILES string of the molecule is Cl.OCC[C@H](c1cc(Cl)cc(Cl)c1Cl)N1CCNCC1. The van der Waals surface area contributed by atoms with Gasteiger partial charge < -0.3 is 10.4 Å². The van der Waals surface area contributed by atoms with Crippen molar-refractivity contribution in [2.45, 2.75) is 12.5 Å². The Morgan fingerprint density at radius 2 is 1.85 bits per heavy atom. The van der Waals surface area contributed by atoms with Gasteiger partial charge in [0.15, 0.2) is 0 Å². The van der Waals surface area contributed by atoms with E-state index in [1.165, 1.54) is 0 Å². The molecule has 1 aromatic carbocycles. The molecule has 0 radical (unpaired) electrons. The normalized spacial score (nSPS) is 17.6. The Balaban J connectivity index is 0.00000200. The molecule has 2 rings (SSSR count). The molecular weight excluding hydrogens is 342 g/mol. The molecular formula is C13H18Cl4N2O. The number of hydrogen-bond donors (Lipinski definition) is 2. The number of aliphatic hydroxyl groups excluding tert-OH is 1. The fraction of sp³-hybridized carbons (Fsp3) is 0.538. The molecule has 1 fully saturated rings. The molecule has 1 saturated heterocycles. The van der Waals surface area contributed by atoms with E-state index in [0.717, 1.165) is 31.7 Å². The van der Waals surface area contributed by atoms with Crippen molar-refractivity contribution in [3.8, 4) is 0 Å². The quantitative estimate of drug-likeness (QED) is 0.808. The largest absolute Gasteiger partial charge is 0.396 e. The lowest BCUT2D eigenvalue weighted by Crippen LogP contribution is -2.45. The van der Waals surface area contributed by atoms with E-state index in [1.807, 2.05) is 6.07 Å². The molecule has 114 valence electrons. The lowest BCUT2D eigenvalue weighted by atomic mass is 10.0. The molecule has 0 bridgehead atoms. The summed E-state index contributed by atoms with van der Waals surface area (Å²) >= 11 is 18.5. The lowest BCUT2D eigenvalue weighted by Gasteiger charge is -2.35. The Kier molecular flexibility index (Phi) is 7.91. The molecule has 2 N–H and O–H groups in total. The second-order valence-corrected chi connectivity index (χ2v) is 5.83. The third kappa shape index (κ3) is 4.38. The average Bonchev–Trinajstić information content (AvgIpc) is 2.41. The van der Waals surface area contributed by atoms with E-state index in [0.29, 0.717) is 21.5 Å². The average molecular weight is 360 g/mol. The van der Waals surface area contributed by atoms with E-state index in [4.69, 9.17) is 34.8 Å².